The molecule has 1 aliphatic heterocycles. The number of pyridine rings is 1. The van der Waals surface area contributed by atoms with Crippen LogP contribution in [0.15, 0.2) is 54.9 Å². The van der Waals surface area contributed by atoms with Crippen molar-refractivity contribution in [2.75, 3.05) is 23.3 Å². The average Bonchev–Trinajstić information content (AvgIpc) is 3.44. The Hall–Kier alpha value is -3.81. The molecule has 1 amide bonds. The molecule has 5 rings (SSSR count). The number of carbonyl (C=O) groups is 1. The topological polar surface area (TPSA) is 99.7 Å². The minimum Gasteiger partial charge on any atom is -0.357 e. The van der Waals surface area contributed by atoms with Crippen LogP contribution in [0.5, 0.6) is 0 Å². The van der Waals surface area contributed by atoms with Crippen molar-refractivity contribution in [3.63, 3.8) is 0 Å². The first-order valence-electron chi connectivity index (χ1n) is 9.56. The third-order valence-electron chi connectivity index (χ3n) is 4.99. The molecule has 0 spiro atoms. The number of rotatable bonds is 4. The Morgan fingerprint density at radius 3 is 2.76 bits per heavy atom. The standard InChI is InChI=1S/C21H19N7O/c29-21(14-5-8-19(22-13-14)28-10-1-2-11-28)24-15-6-7-16-18(12-15)26-20(25-16)17-4-3-9-23-27-17/h3-9,12-13H,1-2,10-11H2,(H,24,29)(H,25,26). The fourth-order valence-electron chi connectivity index (χ4n) is 3.49. The van der Waals surface area contributed by atoms with E-state index in [4.69, 9.17) is 0 Å². The Labute approximate surface area is 167 Å². The molecular formula is C21H19N7O. The van der Waals surface area contributed by atoms with Crippen LogP contribution in [0, 0.1) is 0 Å². The Morgan fingerprint density at radius 2 is 2.00 bits per heavy atom. The van der Waals surface area contributed by atoms with Crippen molar-refractivity contribution >= 4 is 28.4 Å². The van der Waals surface area contributed by atoms with Gasteiger partial charge in [0.05, 0.1) is 16.6 Å². The first-order chi connectivity index (χ1) is 14.3. The first-order valence-corrected chi connectivity index (χ1v) is 9.56. The van der Waals surface area contributed by atoms with Gasteiger partial charge in [-0.15, -0.1) is 5.10 Å². The highest BCUT2D eigenvalue weighted by Crippen LogP contribution is 2.22. The number of fused-ring (bicyclic) bond motifs is 1. The number of H-pyrrole nitrogens is 1. The molecule has 0 radical (unpaired) electrons. The Bertz CT molecular complexity index is 1150. The number of benzene rings is 1. The maximum atomic E-state index is 12.6. The van der Waals surface area contributed by atoms with Gasteiger partial charge in [0.2, 0.25) is 0 Å². The number of hydrogen-bond donors (Lipinski definition) is 2. The zero-order chi connectivity index (χ0) is 19.6. The first kappa shape index (κ1) is 17.3. The molecule has 1 saturated heterocycles. The maximum absolute atomic E-state index is 12.6. The lowest BCUT2D eigenvalue weighted by Crippen LogP contribution is -2.19. The van der Waals surface area contributed by atoms with Crippen LogP contribution in [0.3, 0.4) is 0 Å². The molecule has 4 aromatic rings. The lowest BCUT2D eigenvalue weighted by molar-refractivity contribution is 0.102. The van der Waals surface area contributed by atoms with Crippen LogP contribution in [0.4, 0.5) is 11.5 Å². The van der Waals surface area contributed by atoms with E-state index in [1.54, 1.807) is 12.4 Å². The predicted molar refractivity (Wildman–Crippen MR) is 111 cm³/mol. The van der Waals surface area contributed by atoms with E-state index in [2.05, 4.69) is 35.4 Å². The van der Waals surface area contributed by atoms with E-state index in [1.165, 1.54) is 12.8 Å². The fraction of sp³-hybridized carbons (Fsp3) is 0.190. The number of carbonyl (C=O) groups excluding carboxylic acids is 1. The van der Waals surface area contributed by atoms with E-state index in [-0.39, 0.29) is 5.91 Å². The molecule has 4 heterocycles. The van der Waals surface area contributed by atoms with Gasteiger partial charge in [0.15, 0.2) is 5.82 Å². The zero-order valence-electron chi connectivity index (χ0n) is 15.7. The van der Waals surface area contributed by atoms with Crippen molar-refractivity contribution in [1.82, 2.24) is 25.1 Å². The normalized spacial score (nSPS) is 13.7. The van der Waals surface area contributed by atoms with Crippen LogP contribution < -0.4 is 10.2 Å². The highest BCUT2D eigenvalue weighted by atomic mass is 16.1. The van der Waals surface area contributed by atoms with Crippen LogP contribution in [0.25, 0.3) is 22.6 Å². The quantitative estimate of drug-likeness (QED) is 0.559. The summed E-state index contributed by atoms with van der Waals surface area (Å²) < 4.78 is 0. The highest BCUT2D eigenvalue weighted by molar-refractivity contribution is 6.04. The molecule has 8 heteroatoms. The van der Waals surface area contributed by atoms with Crippen LogP contribution in [0.1, 0.15) is 23.2 Å². The van der Waals surface area contributed by atoms with Crippen LogP contribution >= 0.6 is 0 Å². The molecule has 2 N–H and O–H groups in total. The fourth-order valence-corrected chi connectivity index (χ4v) is 3.49. The minimum atomic E-state index is -0.196. The van der Waals surface area contributed by atoms with Crippen molar-refractivity contribution < 1.29 is 4.79 Å². The van der Waals surface area contributed by atoms with Gasteiger partial charge in [-0.3, -0.25) is 4.79 Å². The van der Waals surface area contributed by atoms with E-state index >= 15 is 0 Å². The molecule has 0 saturated carbocycles. The van der Waals surface area contributed by atoms with Gasteiger partial charge < -0.3 is 15.2 Å². The van der Waals surface area contributed by atoms with Gasteiger partial charge in [0.1, 0.15) is 11.5 Å². The zero-order valence-corrected chi connectivity index (χ0v) is 15.7. The molecule has 1 aliphatic rings. The number of nitrogens with zero attached hydrogens (tertiary/aromatic N) is 5. The van der Waals surface area contributed by atoms with E-state index in [0.717, 1.165) is 29.9 Å². The Morgan fingerprint density at radius 1 is 1.10 bits per heavy atom. The van der Waals surface area contributed by atoms with Crippen LogP contribution in [-0.2, 0) is 0 Å². The van der Waals surface area contributed by atoms with Crippen molar-refractivity contribution in [2.24, 2.45) is 0 Å². The molecule has 1 fully saturated rings. The lowest BCUT2D eigenvalue weighted by Gasteiger charge is -2.16. The molecular weight excluding hydrogens is 366 g/mol. The van der Waals surface area contributed by atoms with Gasteiger partial charge in [-0.1, -0.05) is 0 Å². The van der Waals surface area contributed by atoms with Gasteiger partial charge in [0.25, 0.3) is 5.91 Å². The SMILES string of the molecule is O=C(Nc1ccc2nc(-c3cccnn3)[nH]c2c1)c1ccc(N2CCCC2)nc1. The largest absolute Gasteiger partial charge is 0.357 e. The van der Waals surface area contributed by atoms with E-state index in [9.17, 15) is 4.79 Å². The number of imidazole rings is 1. The summed E-state index contributed by atoms with van der Waals surface area (Å²) in [5, 5.41) is 10.9. The van der Waals surface area contributed by atoms with Gasteiger partial charge in [-0.2, -0.15) is 5.10 Å². The number of hydrogen-bond acceptors (Lipinski definition) is 6. The molecule has 3 aromatic heterocycles. The predicted octanol–water partition coefficient (Wildman–Crippen LogP) is 3.27. The molecule has 144 valence electrons. The summed E-state index contributed by atoms with van der Waals surface area (Å²) in [5.74, 6) is 1.37. The monoisotopic (exact) mass is 385 g/mol. The molecule has 1 aromatic carbocycles. The summed E-state index contributed by atoms with van der Waals surface area (Å²) in [6.45, 7) is 2.05. The highest BCUT2D eigenvalue weighted by Gasteiger charge is 2.15. The van der Waals surface area contributed by atoms with E-state index < -0.39 is 0 Å². The summed E-state index contributed by atoms with van der Waals surface area (Å²) in [6.07, 6.45) is 5.63. The van der Waals surface area contributed by atoms with E-state index in [1.807, 2.05) is 42.5 Å². The minimum absolute atomic E-state index is 0.196. The number of aromatic amines is 1. The third kappa shape index (κ3) is 3.52. The van der Waals surface area contributed by atoms with Crippen molar-refractivity contribution in [2.45, 2.75) is 12.8 Å². The molecule has 8 nitrogen and oxygen atoms in total. The number of amides is 1. The number of nitrogens with one attached hydrogen (secondary N) is 2. The number of aromatic nitrogens is 5. The Balaban J connectivity index is 1.33. The van der Waals surface area contributed by atoms with Crippen LogP contribution in [0.2, 0.25) is 0 Å². The average molecular weight is 385 g/mol. The summed E-state index contributed by atoms with van der Waals surface area (Å²) in [5.41, 5.74) is 3.48. The second-order valence-electron chi connectivity index (χ2n) is 6.98. The molecule has 0 bridgehead atoms. The maximum Gasteiger partial charge on any atom is 0.257 e. The Kier molecular flexibility index (Phi) is 4.36. The van der Waals surface area contributed by atoms with E-state index in [0.29, 0.717) is 22.8 Å². The summed E-state index contributed by atoms with van der Waals surface area (Å²) in [7, 11) is 0. The van der Waals surface area contributed by atoms with Crippen molar-refractivity contribution in [3.05, 3.63) is 60.4 Å². The molecule has 0 aliphatic carbocycles. The second kappa shape index (κ2) is 7.31. The summed E-state index contributed by atoms with van der Waals surface area (Å²) in [6, 6.07) is 12.9. The number of anilines is 2. The third-order valence-corrected chi connectivity index (χ3v) is 4.99. The molecule has 0 atom stereocenters. The van der Waals surface area contributed by atoms with Gasteiger partial charge in [0, 0.05) is 31.2 Å². The summed E-state index contributed by atoms with van der Waals surface area (Å²) >= 11 is 0. The molecule has 29 heavy (non-hydrogen) atoms. The van der Waals surface area contributed by atoms with Gasteiger partial charge >= 0.3 is 0 Å². The van der Waals surface area contributed by atoms with Crippen molar-refractivity contribution in [1.29, 1.82) is 0 Å². The smallest absolute Gasteiger partial charge is 0.257 e. The summed E-state index contributed by atoms with van der Waals surface area (Å²) in [4.78, 5) is 27.0. The van der Waals surface area contributed by atoms with Gasteiger partial charge in [-0.25, -0.2) is 9.97 Å². The lowest BCUT2D eigenvalue weighted by atomic mass is 10.2. The molecule has 0 unspecified atom stereocenters. The second-order valence-corrected chi connectivity index (χ2v) is 6.98. The van der Waals surface area contributed by atoms with Crippen molar-refractivity contribution in [3.8, 4) is 11.5 Å². The van der Waals surface area contributed by atoms with Gasteiger partial charge in [-0.05, 0) is 55.3 Å². The van der Waals surface area contributed by atoms with Crippen LogP contribution in [-0.4, -0.2) is 44.1 Å².